The molecule has 9 nitrogen and oxygen atoms in total. The molecule has 0 unspecified atom stereocenters. The summed E-state index contributed by atoms with van der Waals surface area (Å²) >= 11 is 0. The minimum absolute atomic E-state index is 0.0204. The summed E-state index contributed by atoms with van der Waals surface area (Å²) in [6.45, 7) is 1.29. The highest BCUT2D eigenvalue weighted by atomic mass is 32.2. The molecule has 0 N–H and O–H groups in total. The molecule has 3 aromatic carbocycles. The number of carbonyl (C=O) groups is 1. The van der Waals surface area contributed by atoms with Gasteiger partial charge in [-0.15, -0.1) is 5.10 Å². The Morgan fingerprint density at radius 3 is 2.30 bits per heavy atom. The van der Waals surface area contributed by atoms with E-state index in [9.17, 15) is 13.2 Å². The van der Waals surface area contributed by atoms with Gasteiger partial charge in [0.1, 0.15) is 6.33 Å². The second-order valence-corrected chi connectivity index (χ2v) is 9.83. The molecule has 0 atom stereocenters. The minimum atomic E-state index is -3.61. The van der Waals surface area contributed by atoms with Crippen molar-refractivity contribution in [2.75, 3.05) is 26.2 Å². The minimum Gasteiger partial charge on any atom is -0.340 e. The highest BCUT2D eigenvalue weighted by Gasteiger charge is 2.30. The zero-order valence-corrected chi connectivity index (χ0v) is 18.6. The molecule has 1 amide bonds. The summed E-state index contributed by atoms with van der Waals surface area (Å²) in [7, 11) is -3.61. The summed E-state index contributed by atoms with van der Waals surface area (Å²) in [6.07, 6.45) is 1.76. The van der Waals surface area contributed by atoms with Crippen molar-refractivity contribution in [1.29, 1.82) is 0 Å². The lowest BCUT2D eigenvalue weighted by molar-refractivity contribution is -0.131. The number of sulfonamides is 1. The number of fused-ring (bicyclic) bond motifs is 1. The average molecular weight is 463 g/mol. The van der Waals surface area contributed by atoms with Gasteiger partial charge in [-0.3, -0.25) is 4.79 Å². The SMILES string of the molecule is O=C(Cc1ccc(-n2cnnn2)cc1)N1CCN(S(=O)(=O)c2ccc3ccccc3c2)CC1. The number of hydrogen-bond donors (Lipinski definition) is 0. The first-order chi connectivity index (χ1) is 16.0. The number of benzene rings is 3. The number of tetrazole rings is 1. The van der Waals surface area contributed by atoms with Crippen LogP contribution in [0.5, 0.6) is 0 Å². The Bertz CT molecular complexity index is 1380. The standard InChI is InChI=1S/C23H22N6O3S/c30-23(15-18-5-8-21(9-6-18)29-17-24-25-26-29)27-11-13-28(14-12-27)33(31,32)22-10-7-19-3-1-2-4-20(19)16-22/h1-10,16-17H,11-15H2. The Morgan fingerprint density at radius 1 is 0.879 bits per heavy atom. The quantitative estimate of drug-likeness (QED) is 0.449. The summed E-state index contributed by atoms with van der Waals surface area (Å²) < 4.78 is 29.3. The van der Waals surface area contributed by atoms with Crippen LogP contribution < -0.4 is 0 Å². The first-order valence-electron chi connectivity index (χ1n) is 10.6. The molecule has 33 heavy (non-hydrogen) atoms. The Balaban J connectivity index is 1.21. The number of carbonyl (C=O) groups excluding carboxylic acids is 1. The van der Waals surface area contributed by atoms with E-state index in [4.69, 9.17) is 0 Å². The van der Waals surface area contributed by atoms with Gasteiger partial charge in [-0.1, -0.05) is 42.5 Å². The molecule has 0 spiro atoms. The van der Waals surface area contributed by atoms with Crippen LogP contribution in [0.15, 0.2) is 78.0 Å². The molecule has 5 rings (SSSR count). The van der Waals surface area contributed by atoms with Gasteiger partial charge < -0.3 is 4.90 Å². The largest absolute Gasteiger partial charge is 0.340 e. The summed E-state index contributed by atoms with van der Waals surface area (Å²) in [5.74, 6) is -0.0204. The fraction of sp³-hybridized carbons (Fsp3) is 0.217. The van der Waals surface area contributed by atoms with Crippen molar-refractivity contribution in [3.63, 3.8) is 0 Å². The Hall–Kier alpha value is -3.63. The summed E-state index contributed by atoms with van der Waals surface area (Å²) in [5, 5.41) is 12.9. The van der Waals surface area contributed by atoms with E-state index in [2.05, 4.69) is 15.5 Å². The molecule has 1 aromatic heterocycles. The normalized spacial score (nSPS) is 15.1. The molecule has 0 aliphatic carbocycles. The second kappa shape index (κ2) is 8.72. The highest BCUT2D eigenvalue weighted by Crippen LogP contribution is 2.23. The van der Waals surface area contributed by atoms with Gasteiger partial charge >= 0.3 is 0 Å². The predicted octanol–water partition coefficient (Wildman–Crippen LogP) is 1.89. The van der Waals surface area contributed by atoms with E-state index in [-0.39, 0.29) is 30.3 Å². The van der Waals surface area contributed by atoms with Gasteiger partial charge in [-0.25, -0.2) is 13.1 Å². The Kier molecular flexibility index (Phi) is 5.61. The van der Waals surface area contributed by atoms with Crippen molar-refractivity contribution in [3.8, 4) is 5.69 Å². The topological polar surface area (TPSA) is 101 Å². The van der Waals surface area contributed by atoms with Gasteiger partial charge in [-0.05, 0) is 51.0 Å². The first-order valence-corrected chi connectivity index (χ1v) is 12.0. The Labute approximate surface area is 191 Å². The van der Waals surface area contributed by atoms with E-state index in [0.717, 1.165) is 22.0 Å². The molecule has 0 bridgehead atoms. The molecule has 4 aromatic rings. The van der Waals surface area contributed by atoms with Crippen molar-refractivity contribution >= 4 is 26.7 Å². The van der Waals surface area contributed by atoms with Crippen LogP contribution in [0.4, 0.5) is 0 Å². The lowest BCUT2D eigenvalue weighted by atomic mass is 10.1. The molecule has 1 saturated heterocycles. The lowest BCUT2D eigenvalue weighted by Crippen LogP contribution is -2.50. The molecule has 168 valence electrons. The Morgan fingerprint density at radius 2 is 1.61 bits per heavy atom. The number of aromatic nitrogens is 4. The maximum atomic E-state index is 13.1. The van der Waals surface area contributed by atoms with E-state index in [1.54, 1.807) is 21.7 Å². The maximum absolute atomic E-state index is 13.1. The number of rotatable bonds is 5. The van der Waals surface area contributed by atoms with Crippen molar-refractivity contribution < 1.29 is 13.2 Å². The number of piperazine rings is 1. The van der Waals surface area contributed by atoms with E-state index in [1.807, 2.05) is 54.6 Å². The third kappa shape index (κ3) is 4.35. The van der Waals surface area contributed by atoms with Crippen LogP contribution in [-0.4, -0.2) is 69.9 Å². The second-order valence-electron chi connectivity index (χ2n) is 7.89. The maximum Gasteiger partial charge on any atom is 0.243 e. The third-order valence-corrected chi connectivity index (χ3v) is 7.75. The van der Waals surface area contributed by atoms with Crippen molar-refractivity contribution in [3.05, 3.63) is 78.6 Å². The molecular weight excluding hydrogens is 440 g/mol. The van der Waals surface area contributed by atoms with Crippen LogP contribution in [0.1, 0.15) is 5.56 Å². The smallest absolute Gasteiger partial charge is 0.243 e. The van der Waals surface area contributed by atoms with Crippen LogP contribution in [0.25, 0.3) is 16.5 Å². The molecular formula is C23H22N6O3S. The van der Waals surface area contributed by atoms with Gasteiger partial charge in [-0.2, -0.15) is 4.31 Å². The summed E-state index contributed by atoms with van der Waals surface area (Å²) in [4.78, 5) is 14.8. The van der Waals surface area contributed by atoms with Gasteiger partial charge in [0, 0.05) is 26.2 Å². The molecule has 10 heteroatoms. The van der Waals surface area contributed by atoms with Crippen LogP contribution in [0.2, 0.25) is 0 Å². The van der Waals surface area contributed by atoms with Gasteiger partial charge in [0.2, 0.25) is 15.9 Å². The van der Waals surface area contributed by atoms with Gasteiger partial charge in [0.25, 0.3) is 0 Å². The number of amides is 1. The van der Waals surface area contributed by atoms with Gasteiger partial charge in [0.15, 0.2) is 0 Å². The number of hydrogen-bond acceptors (Lipinski definition) is 6. The molecule has 1 aliphatic rings. The zero-order chi connectivity index (χ0) is 22.8. The summed E-state index contributed by atoms with van der Waals surface area (Å²) in [5.41, 5.74) is 1.69. The molecule has 1 fully saturated rings. The van der Waals surface area contributed by atoms with Crippen molar-refractivity contribution in [2.24, 2.45) is 0 Å². The molecule has 0 radical (unpaired) electrons. The van der Waals surface area contributed by atoms with E-state index < -0.39 is 10.0 Å². The monoisotopic (exact) mass is 462 g/mol. The fourth-order valence-corrected chi connectivity index (χ4v) is 5.45. The van der Waals surface area contributed by atoms with Crippen LogP contribution in [0, 0.1) is 0 Å². The first kappa shape index (κ1) is 21.2. The average Bonchev–Trinajstić information content (AvgIpc) is 3.39. The van der Waals surface area contributed by atoms with Crippen LogP contribution in [-0.2, 0) is 21.2 Å². The van der Waals surface area contributed by atoms with Crippen molar-refractivity contribution in [2.45, 2.75) is 11.3 Å². The number of nitrogens with zero attached hydrogens (tertiary/aromatic N) is 6. The van der Waals surface area contributed by atoms with Crippen LogP contribution >= 0.6 is 0 Å². The van der Waals surface area contributed by atoms with E-state index in [1.165, 1.54) is 10.6 Å². The molecule has 0 saturated carbocycles. The van der Waals surface area contributed by atoms with E-state index in [0.29, 0.717) is 13.1 Å². The summed E-state index contributed by atoms with van der Waals surface area (Å²) in [6, 6.07) is 20.3. The zero-order valence-electron chi connectivity index (χ0n) is 17.8. The van der Waals surface area contributed by atoms with E-state index >= 15 is 0 Å². The third-order valence-electron chi connectivity index (χ3n) is 5.86. The lowest BCUT2D eigenvalue weighted by Gasteiger charge is -2.34. The fourth-order valence-electron chi connectivity index (χ4n) is 3.99. The van der Waals surface area contributed by atoms with Crippen LogP contribution in [0.3, 0.4) is 0 Å². The van der Waals surface area contributed by atoms with Gasteiger partial charge in [0.05, 0.1) is 17.0 Å². The molecule has 1 aliphatic heterocycles. The predicted molar refractivity (Wildman–Crippen MR) is 122 cm³/mol. The highest BCUT2D eigenvalue weighted by molar-refractivity contribution is 7.89. The van der Waals surface area contributed by atoms with Crippen molar-refractivity contribution in [1.82, 2.24) is 29.4 Å². The molecule has 2 heterocycles.